The molecule has 2 rings (SSSR count). The van der Waals surface area contributed by atoms with Gasteiger partial charge in [0.1, 0.15) is 5.69 Å². The molecule has 0 aliphatic rings. The highest BCUT2D eigenvalue weighted by molar-refractivity contribution is 9.11. The van der Waals surface area contributed by atoms with Gasteiger partial charge in [-0.3, -0.25) is 0 Å². The molecule has 1 aromatic carbocycles. The third-order valence-electron chi connectivity index (χ3n) is 2.52. The molecule has 8 N–H and O–H groups in total. The molecule has 0 radical (unpaired) electrons. The maximum atomic E-state index is 11.4. The van der Waals surface area contributed by atoms with Crippen LogP contribution in [0.15, 0.2) is 36.2 Å². The number of anilines is 3. The van der Waals surface area contributed by atoms with Gasteiger partial charge in [-0.2, -0.15) is 9.97 Å². The zero-order chi connectivity index (χ0) is 17.4. The number of hydrogen-bond acceptors (Lipinski definition) is 9. The third kappa shape index (κ3) is 3.93. The number of hydrogen-bond donors (Lipinski definition) is 4. The summed E-state index contributed by atoms with van der Waals surface area (Å²) in [6.07, 6.45) is 0. The summed E-state index contributed by atoms with van der Waals surface area (Å²) in [5, 5.41) is 12.9. The average molecular weight is 466 g/mol. The first kappa shape index (κ1) is 17.5. The van der Waals surface area contributed by atoms with E-state index in [-0.39, 0.29) is 28.2 Å². The lowest BCUT2D eigenvalue weighted by Crippen LogP contribution is -2.12. The van der Waals surface area contributed by atoms with Gasteiger partial charge < -0.3 is 17.2 Å². The van der Waals surface area contributed by atoms with Crippen molar-refractivity contribution in [2.45, 2.75) is 4.90 Å². The summed E-state index contributed by atoms with van der Waals surface area (Å²) in [5.74, 6) is -0.155. The third-order valence-corrected chi connectivity index (χ3v) is 4.63. The Morgan fingerprint density at radius 3 is 1.78 bits per heavy atom. The van der Waals surface area contributed by atoms with E-state index >= 15 is 0 Å². The molecular formula is C10H10Br2N8O2S. The van der Waals surface area contributed by atoms with Gasteiger partial charge in [-0.25, -0.2) is 13.6 Å². The molecule has 0 aliphatic carbocycles. The van der Waals surface area contributed by atoms with Crippen molar-refractivity contribution >= 4 is 70.8 Å². The fraction of sp³-hybridized carbons (Fsp3) is 0. The van der Waals surface area contributed by atoms with Crippen molar-refractivity contribution in [1.82, 2.24) is 9.97 Å². The van der Waals surface area contributed by atoms with Gasteiger partial charge in [0.2, 0.25) is 16.0 Å². The molecule has 13 heteroatoms. The van der Waals surface area contributed by atoms with Crippen LogP contribution in [-0.4, -0.2) is 18.4 Å². The number of halogens is 2. The number of sulfonamides is 1. The molecule has 0 spiro atoms. The van der Waals surface area contributed by atoms with Crippen LogP contribution in [0.1, 0.15) is 0 Å². The molecule has 2 aromatic rings. The van der Waals surface area contributed by atoms with Crippen LogP contribution in [0.5, 0.6) is 0 Å². The van der Waals surface area contributed by atoms with Gasteiger partial charge in [-0.15, -0.1) is 10.2 Å². The number of benzene rings is 1. The fourth-order valence-corrected chi connectivity index (χ4v) is 3.73. The van der Waals surface area contributed by atoms with Crippen molar-refractivity contribution in [3.63, 3.8) is 0 Å². The first-order valence-electron chi connectivity index (χ1n) is 5.71. The molecule has 23 heavy (non-hydrogen) atoms. The van der Waals surface area contributed by atoms with Gasteiger partial charge in [0.05, 0.1) is 4.90 Å². The molecule has 0 bridgehead atoms. The number of nitrogens with two attached hydrogens (primary N) is 4. The highest BCUT2D eigenvalue weighted by atomic mass is 79.9. The lowest BCUT2D eigenvalue weighted by Gasteiger charge is -2.06. The summed E-state index contributed by atoms with van der Waals surface area (Å²) in [7, 11) is -3.86. The van der Waals surface area contributed by atoms with Crippen LogP contribution >= 0.6 is 31.9 Å². The van der Waals surface area contributed by atoms with Crippen molar-refractivity contribution < 1.29 is 8.42 Å². The van der Waals surface area contributed by atoms with Gasteiger partial charge in [-0.1, -0.05) is 0 Å². The Kier molecular flexibility index (Phi) is 4.84. The number of aromatic nitrogens is 2. The fourth-order valence-electron chi connectivity index (χ4n) is 1.51. The highest BCUT2D eigenvalue weighted by Gasteiger charge is 2.15. The van der Waals surface area contributed by atoms with E-state index in [1.54, 1.807) is 0 Å². The Labute approximate surface area is 147 Å². The largest absolute Gasteiger partial charge is 0.382 e. The van der Waals surface area contributed by atoms with Crippen LogP contribution in [0, 0.1) is 0 Å². The predicted octanol–water partition coefficient (Wildman–Crippen LogP) is 1.81. The summed E-state index contributed by atoms with van der Waals surface area (Å²) in [6, 6.07) is 2.58. The van der Waals surface area contributed by atoms with Gasteiger partial charge >= 0.3 is 0 Å². The van der Waals surface area contributed by atoms with Crippen molar-refractivity contribution in [1.29, 1.82) is 0 Å². The second-order valence-corrected chi connectivity index (χ2v) is 7.45. The molecule has 0 atom stereocenters. The number of azo groups is 1. The van der Waals surface area contributed by atoms with Crippen LogP contribution in [0.3, 0.4) is 0 Å². The van der Waals surface area contributed by atoms with E-state index < -0.39 is 10.0 Å². The summed E-state index contributed by atoms with van der Waals surface area (Å²) < 4.78 is 23.4. The Bertz CT molecular complexity index is 869. The zero-order valence-corrected chi connectivity index (χ0v) is 15.2. The molecule has 0 aliphatic heterocycles. The van der Waals surface area contributed by atoms with Crippen LogP contribution in [-0.2, 0) is 10.0 Å². The maximum Gasteiger partial charge on any atom is 0.238 e. The van der Waals surface area contributed by atoms with E-state index in [0.717, 1.165) is 0 Å². The molecule has 122 valence electrons. The number of nitrogens with zero attached hydrogens (tertiary/aromatic N) is 4. The first-order chi connectivity index (χ1) is 10.6. The SMILES string of the molecule is Nc1nc(N)c(N=Nc2c(Br)cc(S(N)(=O)=O)cc2Br)c(N)n1. The molecule has 0 saturated carbocycles. The van der Waals surface area contributed by atoms with Gasteiger partial charge in [0, 0.05) is 8.95 Å². The minimum Gasteiger partial charge on any atom is -0.382 e. The van der Waals surface area contributed by atoms with E-state index in [1.165, 1.54) is 12.1 Å². The van der Waals surface area contributed by atoms with Crippen LogP contribution in [0.25, 0.3) is 0 Å². The van der Waals surface area contributed by atoms with E-state index in [4.69, 9.17) is 22.3 Å². The maximum absolute atomic E-state index is 11.4. The zero-order valence-electron chi connectivity index (χ0n) is 11.2. The van der Waals surface area contributed by atoms with Gasteiger partial charge in [0.15, 0.2) is 17.3 Å². The average Bonchev–Trinajstić information content (AvgIpc) is 2.38. The van der Waals surface area contributed by atoms with E-state index in [9.17, 15) is 8.42 Å². The predicted molar refractivity (Wildman–Crippen MR) is 92.7 cm³/mol. The number of nitrogen functional groups attached to an aromatic ring is 3. The number of primary sulfonamides is 1. The number of rotatable bonds is 3. The second-order valence-electron chi connectivity index (χ2n) is 4.18. The van der Waals surface area contributed by atoms with Gasteiger partial charge in [-0.05, 0) is 44.0 Å². The lowest BCUT2D eigenvalue weighted by molar-refractivity contribution is 0.597. The monoisotopic (exact) mass is 464 g/mol. The summed E-state index contributed by atoms with van der Waals surface area (Å²) >= 11 is 6.39. The molecule has 0 amide bonds. The quantitative estimate of drug-likeness (QED) is 0.496. The Hall–Kier alpha value is -1.83. The Balaban J connectivity index is 2.49. The van der Waals surface area contributed by atoms with Crippen molar-refractivity contribution in [2.75, 3.05) is 17.2 Å². The summed E-state index contributed by atoms with van der Waals surface area (Å²) in [5.41, 5.74) is 17.1. The Morgan fingerprint density at radius 1 is 0.913 bits per heavy atom. The van der Waals surface area contributed by atoms with Crippen LogP contribution in [0.2, 0.25) is 0 Å². The molecular weight excluding hydrogens is 456 g/mol. The highest BCUT2D eigenvalue weighted by Crippen LogP contribution is 2.38. The molecule has 0 unspecified atom stereocenters. The topological polar surface area (TPSA) is 189 Å². The molecule has 10 nitrogen and oxygen atoms in total. The molecule has 0 saturated heterocycles. The smallest absolute Gasteiger partial charge is 0.238 e. The minimum atomic E-state index is -3.86. The van der Waals surface area contributed by atoms with Crippen LogP contribution < -0.4 is 22.3 Å². The van der Waals surface area contributed by atoms with Crippen molar-refractivity contribution in [2.24, 2.45) is 15.4 Å². The standard InChI is InChI=1S/C10H10Br2N8O2S/c11-4-1-3(23(16,21)22)2-5(12)6(4)19-20-7-8(13)17-10(15)18-9(7)14/h1-2H,(H2,16,21,22)(H6,13,14,15,17,18). The van der Waals surface area contributed by atoms with E-state index in [1.807, 2.05) is 0 Å². The van der Waals surface area contributed by atoms with Crippen LogP contribution in [0.4, 0.5) is 29.0 Å². The Morgan fingerprint density at radius 2 is 1.35 bits per heavy atom. The summed E-state index contributed by atoms with van der Waals surface area (Å²) in [4.78, 5) is 7.37. The molecule has 1 heterocycles. The van der Waals surface area contributed by atoms with E-state index in [0.29, 0.717) is 14.6 Å². The van der Waals surface area contributed by atoms with E-state index in [2.05, 4.69) is 52.1 Å². The molecule has 0 fully saturated rings. The first-order valence-corrected chi connectivity index (χ1v) is 8.85. The second kappa shape index (κ2) is 6.35. The normalized spacial score (nSPS) is 12.0. The lowest BCUT2D eigenvalue weighted by atomic mass is 10.3. The van der Waals surface area contributed by atoms with Crippen molar-refractivity contribution in [3.8, 4) is 0 Å². The molecule has 1 aromatic heterocycles. The summed E-state index contributed by atoms with van der Waals surface area (Å²) in [6.45, 7) is 0. The van der Waals surface area contributed by atoms with Gasteiger partial charge in [0.25, 0.3) is 0 Å². The minimum absolute atomic E-state index is 0.0350. The van der Waals surface area contributed by atoms with Crippen molar-refractivity contribution in [3.05, 3.63) is 21.1 Å².